The molecule has 2 heterocycles. The monoisotopic (exact) mass is 340 g/mol. The van der Waals surface area contributed by atoms with Gasteiger partial charge in [0, 0.05) is 5.75 Å². The third-order valence-electron chi connectivity index (χ3n) is 4.33. The minimum atomic E-state index is -0.394. The zero-order chi connectivity index (χ0) is 16.7. The number of thioether (sulfide) groups is 1. The zero-order valence-electron chi connectivity index (χ0n) is 13.1. The molecular weight excluding hydrogens is 324 g/mol. The summed E-state index contributed by atoms with van der Waals surface area (Å²) in [6.07, 6.45) is 0. The molecule has 0 spiro atoms. The molecule has 3 amide bonds. The van der Waals surface area contributed by atoms with Crippen LogP contribution in [-0.4, -0.2) is 35.7 Å². The van der Waals surface area contributed by atoms with Crippen molar-refractivity contribution in [3.63, 3.8) is 0 Å². The molecule has 2 aromatic rings. The number of rotatable bonds is 3. The fourth-order valence-corrected chi connectivity index (χ4v) is 4.55. The van der Waals surface area contributed by atoms with E-state index in [1.165, 1.54) is 4.90 Å². The van der Waals surface area contributed by atoms with Crippen molar-refractivity contribution in [3.8, 4) is 5.75 Å². The number of benzene rings is 2. The third kappa shape index (κ3) is 2.26. The number of anilines is 1. The average molecular weight is 340 g/mol. The van der Waals surface area contributed by atoms with Crippen LogP contribution in [0.1, 0.15) is 10.9 Å². The quantitative estimate of drug-likeness (QED) is 0.805. The molecule has 0 aromatic heterocycles. The topological polar surface area (TPSA) is 49.9 Å². The number of nitrogens with zero attached hydrogens (tertiary/aromatic N) is 2. The Morgan fingerprint density at radius 1 is 1.04 bits per heavy atom. The lowest BCUT2D eigenvalue weighted by Crippen LogP contribution is -2.33. The van der Waals surface area contributed by atoms with Gasteiger partial charge in [-0.3, -0.25) is 9.69 Å². The Balaban J connectivity index is 1.66. The van der Waals surface area contributed by atoms with Crippen LogP contribution < -0.4 is 9.64 Å². The van der Waals surface area contributed by atoms with E-state index in [1.54, 1.807) is 48.0 Å². The fraction of sp³-hybridized carbons (Fsp3) is 0.222. The molecule has 24 heavy (non-hydrogen) atoms. The summed E-state index contributed by atoms with van der Waals surface area (Å²) < 4.78 is 5.13. The molecule has 2 aliphatic rings. The van der Waals surface area contributed by atoms with E-state index < -0.39 is 6.04 Å². The van der Waals surface area contributed by atoms with E-state index in [0.29, 0.717) is 17.2 Å². The Hall–Kier alpha value is -2.47. The fourth-order valence-electron chi connectivity index (χ4n) is 3.13. The normalized spacial score (nSPS) is 22.9. The summed E-state index contributed by atoms with van der Waals surface area (Å²) in [7, 11) is 1.58. The maximum atomic E-state index is 12.9. The first-order chi connectivity index (χ1) is 11.7. The molecule has 2 atom stereocenters. The number of hydrogen-bond acceptors (Lipinski definition) is 4. The third-order valence-corrected chi connectivity index (χ3v) is 5.66. The van der Waals surface area contributed by atoms with Crippen LogP contribution in [0.5, 0.6) is 5.75 Å². The van der Waals surface area contributed by atoms with Crippen molar-refractivity contribution in [3.05, 3.63) is 60.2 Å². The van der Waals surface area contributed by atoms with Gasteiger partial charge in [0.25, 0.3) is 5.91 Å². The molecule has 0 N–H and O–H groups in total. The highest BCUT2D eigenvalue weighted by Gasteiger charge is 2.53. The van der Waals surface area contributed by atoms with Gasteiger partial charge < -0.3 is 4.74 Å². The van der Waals surface area contributed by atoms with Gasteiger partial charge in [-0.05, 0) is 29.8 Å². The molecule has 6 heteroatoms. The molecule has 0 aliphatic carbocycles. The summed E-state index contributed by atoms with van der Waals surface area (Å²) >= 11 is 1.64. The minimum Gasteiger partial charge on any atom is -0.497 e. The van der Waals surface area contributed by atoms with Gasteiger partial charge in [0.1, 0.15) is 17.2 Å². The number of ether oxygens (including phenoxy) is 1. The number of methoxy groups -OCH3 is 1. The van der Waals surface area contributed by atoms with E-state index in [2.05, 4.69) is 0 Å². The average Bonchev–Trinajstić information content (AvgIpc) is 3.17. The van der Waals surface area contributed by atoms with Crippen molar-refractivity contribution < 1.29 is 14.3 Å². The second-order valence-corrected chi connectivity index (χ2v) is 6.79. The molecule has 0 radical (unpaired) electrons. The van der Waals surface area contributed by atoms with Gasteiger partial charge in [-0.1, -0.05) is 30.3 Å². The maximum Gasteiger partial charge on any atom is 0.333 e. The first-order valence-electron chi connectivity index (χ1n) is 7.67. The van der Waals surface area contributed by atoms with E-state index in [0.717, 1.165) is 5.56 Å². The van der Waals surface area contributed by atoms with Crippen LogP contribution in [0.3, 0.4) is 0 Å². The molecule has 0 saturated carbocycles. The second kappa shape index (κ2) is 5.87. The van der Waals surface area contributed by atoms with Crippen LogP contribution in [0.4, 0.5) is 10.5 Å². The Kier molecular flexibility index (Phi) is 3.69. The summed E-state index contributed by atoms with van der Waals surface area (Å²) in [5.74, 6) is 1.16. The Labute approximate surface area is 144 Å². The lowest BCUT2D eigenvalue weighted by molar-refractivity contribution is -0.119. The van der Waals surface area contributed by atoms with Crippen LogP contribution in [0.25, 0.3) is 0 Å². The molecule has 0 bridgehead atoms. The lowest BCUT2D eigenvalue weighted by Gasteiger charge is -2.23. The smallest absolute Gasteiger partial charge is 0.333 e. The highest BCUT2D eigenvalue weighted by molar-refractivity contribution is 7.99. The van der Waals surface area contributed by atoms with Crippen LogP contribution in [0.15, 0.2) is 54.6 Å². The first kappa shape index (κ1) is 15.1. The molecular formula is C18H16N2O3S. The SMILES string of the molecule is COc1ccc(N2C(=O)[C@@H]3CSC(c4ccccc4)N3C2=O)cc1. The molecule has 2 aromatic carbocycles. The number of fused-ring (bicyclic) bond motifs is 1. The zero-order valence-corrected chi connectivity index (χ0v) is 13.9. The molecule has 5 nitrogen and oxygen atoms in total. The lowest BCUT2D eigenvalue weighted by atomic mass is 10.2. The number of hydrogen-bond donors (Lipinski definition) is 0. The van der Waals surface area contributed by atoms with E-state index in [1.807, 2.05) is 30.3 Å². The van der Waals surface area contributed by atoms with E-state index in [4.69, 9.17) is 4.74 Å². The maximum absolute atomic E-state index is 12.9. The van der Waals surface area contributed by atoms with Crippen molar-refractivity contribution in [1.82, 2.24) is 4.90 Å². The van der Waals surface area contributed by atoms with Crippen molar-refractivity contribution in [2.45, 2.75) is 11.4 Å². The van der Waals surface area contributed by atoms with Crippen molar-refractivity contribution >= 4 is 29.4 Å². The Morgan fingerprint density at radius 3 is 2.42 bits per heavy atom. The number of carbonyl (C=O) groups excluding carboxylic acids is 2. The number of carbonyl (C=O) groups is 2. The summed E-state index contributed by atoms with van der Waals surface area (Å²) in [5.41, 5.74) is 1.62. The molecule has 2 aliphatic heterocycles. The summed E-state index contributed by atoms with van der Waals surface area (Å²) in [6, 6.07) is 16.2. The predicted octanol–water partition coefficient (Wildman–Crippen LogP) is 3.28. The van der Waals surface area contributed by atoms with Crippen LogP contribution in [0.2, 0.25) is 0 Å². The second-order valence-electron chi connectivity index (χ2n) is 5.67. The van der Waals surface area contributed by atoms with E-state index in [9.17, 15) is 9.59 Å². The number of urea groups is 1. The predicted molar refractivity (Wildman–Crippen MR) is 93.1 cm³/mol. The van der Waals surface area contributed by atoms with Gasteiger partial charge in [0.05, 0.1) is 12.8 Å². The van der Waals surface area contributed by atoms with Gasteiger partial charge in [-0.15, -0.1) is 11.8 Å². The van der Waals surface area contributed by atoms with Gasteiger partial charge >= 0.3 is 6.03 Å². The molecule has 1 unspecified atom stereocenters. The molecule has 2 fully saturated rings. The van der Waals surface area contributed by atoms with Crippen LogP contribution >= 0.6 is 11.8 Å². The number of imide groups is 1. The van der Waals surface area contributed by atoms with Crippen LogP contribution in [-0.2, 0) is 4.79 Å². The summed E-state index contributed by atoms with van der Waals surface area (Å²) in [4.78, 5) is 28.6. The van der Waals surface area contributed by atoms with Crippen LogP contribution in [0, 0.1) is 0 Å². The van der Waals surface area contributed by atoms with Gasteiger partial charge in [0.15, 0.2) is 0 Å². The highest BCUT2D eigenvalue weighted by atomic mass is 32.2. The number of amides is 3. The van der Waals surface area contributed by atoms with E-state index >= 15 is 0 Å². The standard InChI is InChI=1S/C18H16N2O3S/c1-23-14-9-7-13(8-10-14)19-16(21)15-11-24-17(20(15)18(19)22)12-5-3-2-4-6-12/h2-10,15,17H,11H2,1H3/t15-,17?/m0/s1. The van der Waals surface area contributed by atoms with Crippen molar-refractivity contribution in [2.24, 2.45) is 0 Å². The Morgan fingerprint density at radius 2 is 1.75 bits per heavy atom. The van der Waals surface area contributed by atoms with Gasteiger partial charge in [0.2, 0.25) is 0 Å². The summed E-state index contributed by atoms with van der Waals surface area (Å²) in [6.45, 7) is 0. The van der Waals surface area contributed by atoms with Gasteiger partial charge in [-0.2, -0.15) is 0 Å². The largest absolute Gasteiger partial charge is 0.497 e. The van der Waals surface area contributed by atoms with Gasteiger partial charge in [-0.25, -0.2) is 9.69 Å². The molecule has 2 saturated heterocycles. The highest BCUT2D eigenvalue weighted by Crippen LogP contribution is 2.45. The first-order valence-corrected chi connectivity index (χ1v) is 8.72. The minimum absolute atomic E-state index is 0.115. The molecule has 122 valence electrons. The molecule has 4 rings (SSSR count). The van der Waals surface area contributed by atoms with Crippen molar-refractivity contribution in [1.29, 1.82) is 0 Å². The van der Waals surface area contributed by atoms with E-state index in [-0.39, 0.29) is 17.3 Å². The van der Waals surface area contributed by atoms with Crippen molar-refractivity contribution in [2.75, 3.05) is 17.8 Å². The summed E-state index contributed by atoms with van der Waals surface area (Å²) in [5, 5.41) is -0.115. The Bertz CT molecular complexity index is 779.